The van der Waals surface area contributed by atoms with Crippen molar-refractivity contribution in [1.82, 2.24) is 4.72 Å². The molecule has 1 rings (SSSR count). The van der Waals surface area contributed by atoms with Crippen molar-refractivity contribution >= 4 is 21.6 Å². The highest BCUT2D eigenvalue weighted by molar-refractivity contribution is 7.90. The lowest BCUT2D eigenvalue weighted by molar-refractivity contribution is 0.564. The van der Waals surface area contributed by atoms with E-state index < -0.39 is 10.2 Å². The molecule has 3 N–H and O–H groups in total. The number of hydrogen-bond donors (Lipinski definition) is 2. The molecule has 0 heterocycles. The largest absolute Gasteiger partial charge is 0.397 e. The molecule has 0 spiro atoms. The summed E-state index contributed by atoms with van der Waals surface area (Å²) in [6, 6.07) is 6.82. The number of anilines is 2. The third-order valence-corrected chi connectivity index (χ3v) is 4.04. The van der Waals surface area contributed by atoms with Crippen LogP contribution in [0.4, 0.5) is 11.4 Å². The molecule has 0 aliphatic heterocycles. The van der Waals surface area contributed by atoms with Crippen LogP contribution in [0, 0.1) is 0 Å². The Labute approximate surface area is 109 Å². The maximum absolute atomic E-state index is 12.2. The summed E-state index contributed by atoms with van der Waals surface area (Å²) < 4.78 is 28.4. The lowest BCUT2D eigenvalue weighted by atomic mass is 10.2. The number of nitrogens with zero attached hydrogens (tertiary/aromatic N) is 1. The molecule has 0 aliphatic rings. The summed E-state index contributed by atoms with van der Waals surface area (Å²) >= 11 is 0. The van der Waals surface area contributed by atoms with Crippen LogP contribution >= 0.6 is 0 Å². The molecule has 0 saturated heterocycles. The van der Waals surface area contributed by atoms with Crippen molar-refractivity contribution < 1.29 is 8.42 Å². The van der Waals surface area contributed by atoms with Gasteiger partial charge in [0.05, 0.1) is 11.4 Å². The van der Waals surface area contributed by atoms with Gasteiger partial charge in [-0.05, 0) is 32.4 Å². The summed E-state index contributed by atoms with van der Waals surface area (Å²) in [4.78, 5) is 0. The summed E-state index contributed by atoms with van der Waals surface area (Å²) in [5, 5.41) is 0. The van der Waals surface area contributed by atoms with Crippen molar-refractivity contribution in [2.75, 3.05) is 16.6 Å². The average Bonchev–Trinajstić information content (AvgIpc) is 2.25. The van der Waals surface area contributed by atoms with Gasteiger partial charge in [-0.2, -0.15) is 13.1 Å². The van der Waals surface area contributed by atoms with Crippen LogP contribution < -0.4 is 14.8 Å². The molecule has 6 heteroatoms. The van der Waals surface area contributed by atoms with Crippen molar-refractivity contribution in [2.45, 2.75) is 33.2 Å². The lowest BCUT2D eigenvalue weighted by Gasteiger charge is -2.26. The van der Waals surface area contributed by atoms with Gasteiger partial charge in [0, 0.05) is 12.6 Å². The van der Waals surface area contributed by atoms with Gasteiger partial charge in [-0.1, -0.05) is 19.1 Å². The Kier molecular flexibility index (Phi) is 4.98. The number of rotatable bonds is 6. The van der Waals surface area contributed by atoms with E-state index in [1.807, 2.05) is 6.92 Å². The smallest absolute Gasteiger partial charge is 0.301 e. The second kappa shape index (κ2) is 6.06. The Morgan fingerprint density at radius 1 is 1.33 bits per heavy atom. The van der Waals surface area contributed by atoms with E-state index in [-0.39, 0.29) is 6.04 Å². The van der Waals surface area contributed by atoms with Crippen LogP contribution in [0.3, 0.4) is 0 Å². The predicted octanol–water partition coefficient (Wildman–Crippen LogP) is 1.73. The molecule has 102 valence electrons. The van der Waals surface area contributed by atoms with Crippen LogP contribution in [-0.4, -0.2) is 21.0 Å². The molecular weight excluding hydrogens is 250 g/mol. The second-order valence-corrected chi connectivity index (χ2v) is 6.04. The van der Waals surface area contributed by atoms with E-state index in [2.05, 4.69) is 4.72 Å². The van der Waals surface area contributed by atoms with Crippen LogP contribution in [0.1, 0.15) is 27.2 Å². The Morgan fingerprint density at radius 3 is 2.44 bits per heavy atom. The molecule has 0 saturated carbocycles. The van der Waals surface area contributed by atoms with Crippen LogP contribution in [-0.2, 0) is 10.2 Å². The lowest BCUT2D eigenvalue weighted by Crippen LogP contribution is -2.44. The maximum Gasteiger partial charge on any atom is 0.301 e. The summed E-state index contributed by atoms with van der Waals surface area (Å²) in [6.45, 7) is 5.90. The van der Waals surface area contributed by atoms with Crippen LogP contribution in [0.5, 0.6) is 0 Å². The molecule has 0 atom stereocenters. The third-order valence-electron chi connectivity index (χ3n) is 2.31. The monoisotopic (exact) mass is 271 g/mol. The van der Waals surface area contributed by atoms with Crippen molar-refractivity contribution in [1.29, 1.82) is 0 Å². The first-order valence-electron chi connectivity index (χ1n) is 6.03. The first-order chi connectivity index (χ1) is 8.38. The molecule has 0 radical (unpaired) electrons. The molecule has 0 aromatic heterocycles. The van der Waals surface area contributed by atoms with Gasteiger partial charge in [0.2, 0.25) is 0 Å². The number of nitrogens with one attached hydrogen (secondary N) is 1. The molecule has 0 fully saturated rings. The van der Waals surface area contributed by atoms with E-state index in [1.165, 1.54) is 4.31 Å². The van der Waals surface area contributed by atoms with E-state index in [9.17, 15) is 8.42 Å². The summed E-state index contributed by atoms with van der Waals surface area (Å²) in [7, 11) is -3.56. The highest BCUT2D eigenvalue weighted by atomic mass is 32.2. The molecule has 0 unspecified atom stereocenters. The highest BCUT2D eigenvalue weighted by Crippen LogP contribution is 2.24. The van der Waals surface area contributed by atoms with Crippen LogP contribution in [0.15, 0.2) is 24.3 Å². The number of para-hydroxylation sites is 2. The Bertz CT molecular complexity index is 486. The van der Waals surface area contributed by atoms with Gasteiger partial charge in [-0.3, -0.25) is 4.31 Å². The molecule has 18 heavy (non-hydrogen) atoms. The average molecular weight is 271 g/mol. The van der Waals surface area contributed by atoms with Crippen molar-refractivity contribution in [3.8, 4) is 0 Å². The molecule has 0 aliphatic carbocycles. The van der Waals surface area contributed by atoms with E-state index in [4.69, 9.17) is 5.73 Å². The van der Waals surface area contributed by atoms with E-state index in [0.29, 0.717) is 24.3 Å². The first kappa shape index (κ1) is 14.8. The zero-order valence-electron chi connectivity index (χ0n) is 11.1. The highest BCUT2D eigenvalue weighted by Gasteiger charge is 2.23. The SMILES string of the molecule is CCCN(c1ccccc1N)S(=O)(=O)NC(C)C. The van der Waals surface area contributed by atoms with Crippen molar-refractivity contribution in [3.63, 3.8) is 0 Å². The zero-order valence-corrected chi connectivity index (χ0v) is 11.9. The molecular formula is C12H21N3O2S. The van der Waals surface area contributed by atoms with Crippen molar-refractivity contribution in [2.24, 2.45) is 0 Å². The first-order valence-corrected chi connectivity index (χ1v) is 7.47. The van der Waals surface area contributed by atoms with Gasteiger partial charge in [0.15, 0.2) is 0 Å². The number of hydrogen-bond acceptors (Lipinski definition) is 3. The van der Waals surface area contributed by atoms with Crippen LogP contribution in [0.25, 0.3) is 0 Å². The van der Waals surface area contributed by atoms with E-state index in [0.717, 1.165) is 0 Å². The van der Waals surface area contributed by atoms with Gasteiger partial charge >= 0.3 is 10.2 Å². The van der Waals surface area contributed by atoms with Gasteiger partial charge in [-0.15, -0.1) is 0 Å². The minimum atomic E-state index is -3.56. The fraction of sp³-hybridized carbons (Fsp3) is 0.500. The summed E-state index contributed by atoms with van der Waals surface area (Å²) in [5.41, 5.74) is 6.82. The molecule has 5 nitrogen and oxygen atoms in total. The van der Waals surface area contributed by atoms with Crippen molar-refractivity contribution in [3.05, 3.63) is 24.3 Å². The van der Waals surface area contributed by atoms with Gasteiger partial charge in [-0.25, -0.2) is 0 Å². The van der Waals surface area contributed by atoms with Gasteiger partial charge < -0.3 is 5.73 Å². The third kappa shape index (κ3) is 3.61. The van der Waals surface area contributed by atoms with Gasteiger partial charge in [0.25, 0.3) is 0 Å². The predicted molar refractivity (Wildman–Crippen MR) is 75.7 cm³/mol. The fourth-order valence-electron chi connectivity index (χ4n) is 1.65. The molecule has 1 aromatic carbocycles. The quantitative estimate of drug-likeness (QED) is 0.774. The maximum atomic E-state index is 12.2. The van der Waals surface area contributed by atoms with E-state index >= 15 is 0 Å². The molecule has 1 aromatic rings. The topological polar surface area (TPSA) is 75.4 Å². The van der Waals surface area contributed by atoms with Gasteiger partial charge in [0.1, 0.15) is 0 Å². The fourth-order valence-corrected chi connectivity index (χ4v) is 3.22. The number of nitrogen functional groups attached to an aromatic ring is 1. The second-order valence-electron chi connectivity index (χ2n) is 4.41. The molecule has 0 bridgehead atoms. The Balaban J connectivity index is 3.15. The Morgan fingerprint density at radius 2 is 1.94 bits per heavy atom. The minimum Gasteiger partial charge on any atom is -0.397 e. The van der Waals surface area contributed by atoms with Crippen LogP contribution in [0.2, 0.25) is 0 Å². The normalized spacial score (nSPS) is 11.8. The standard InChI is InChI=1S/C12H21N3O2S/c1-4-9-15(18(16,17)14-10(2)3)12-8-6-5-7-11(12)13/h5-8,10,14H,4,9,13H2,1-3H3. The number of benzene rings is 1. The number of nitrogens with two attached hydrogens (primary N) is 1. The zero-order chi connectivity index (χ0) is 13.8. The summed E-state index contributed by atoms with van der Waals surface area (Å²) in [6.07, 6.45) is 0.716. The molecule has 0 amide bonds. The van der Waals surface area contributed by atoms with E-state index in [1.54, 1.807) is 38.1 Å². The Hall–Kier alpha value is -1.27. The summed E-state index contributed by atoms with van der Waals surface area (Å²) in [5.74, 6) is 0. The minimum absolute atomic E-state index is 0.153.